The van der Waals surface area contributed by atoms with E-state index in [1.165, 1.54) is 12.1 Å². The van der Waals surface area contributed by atoms with E-state index in [4.69, 9.17) is 0 Å². The second kappa shape index (κ2) is 11.2. The maximum Gasteiger partial charge on any atom is 0.251 e. The molecule has 1 saturated heterocycles. The molecule has 36 heavy (non-hydrogen) atoms. The molecule has 1 aromatic heterocycles. The number of hydrogen-bond acceptors (Lipinski definition) is 4. The van der Waals surface area contributed by atoms with E-state index in [-0.39, 0.29) is 11.7 Å². The number of nitrogens with one attached hydrogen (secondary N) is 1. The van der Waals surface area contributed by atoms with Crippen LogP contribution >= 0.6 is 0 Å². The van der Waals surface area contributed by atoms with Crippen molar-refractivity contribution in [3.63, 3.8) is 0 Å². The van der Waals surface area contributed by atoms with Gasteiger partial charge >= 0.3 is 0 Å². The minimum absolute atomic E-state index is 0.0591. The lowest BCUT2D eigenvalue weighted by Gasteiger charge is -2.36. The monoisotopic (exact) mass is 483 g/mol. The molecular formula is C29H30FN5O. The van der Waals surface area contributed by atoms with Crippen molar-refractivity contribution in [2.24, 2.45) is 0 Å². The minimum Gasteiger partial charge on any atom is -0.369 e. The van der Waals surface area contributed by atoms with Gasteiger partial charge in [-0.05, 0) is 53.1 Å². The predicted octanol–water partition coefficient (Wildman–Crippen LogP) is 4.29. The summed E-state index contributed by atoms with van der Waals surface area (Å²) in [5.74, 6) is -0.270. The van der Waals surface area contributed by atoms with Crippen molar-refractivity contribution >= 4 is 11.6 Å². The summed E-state index contributed by atoms with van der Waals surface area (Å²) in [7, 11) is 0. The number of amides is 1. The Labute approximate surface area is 211 Å². The zero-order valence-corrected chi connectivity index (χ0v) is 20.2. The molecule has 1 amide bonds. The number of nitrogens with zero attached hydrogens (tertiary/aromatic N) is 4. The van der Waals surface area contributed by atoms with Crippen LogP contribution in [-0.2, 0) is 6.54 Å². The van der Waals surface area contributed by atoms with E-state index < -0.39 is 0 Å². The molecule has 0 spiro atoms. The zero-order chi connectivity index (χ0) is 24.7. The zero-order valence-electron chi connectivity index (χ0n) is 20.2. The highest BCUT2D eigenvalue weighted by Crippen LogP contribution is 2.24. The van der Waals surface area contributed by atoms with Gasteiger partial charge in [0.15, 0.2) is 0 Å². The molecule has 0 saturated carbocycles. The number of carbonyl (C=O) groups excluding carboxylic acids is 1. The summed E-state index contributed by atoms with van der Waals surface area (Å²) in [4.78, 5) is 17.7. The first-order valence-corrected chi connectivity index (χ1v) is 12.3. The highest BCUT2D eigenvalue weighted by molar-refractivity contribution is 6.00. The molecule has 0 atom stereocenters. The van der Waals surface area contributed by atoms with Crippen LogP contribution in [0.3, 0.4) is 0 Å². The van der Waals surface area contributed by atoms with E-state index in [1.54, 1.807) is 6.20 Å². The second-order valence-electron chi connectivity index (χ2n) is 9.01. The minimum atomic E-state index is -0.211. The molecule has 2 heterocycles. The molecule has 1 fully saturated rings. The molecule has 5 rings (SSSR count). The summed E-state index contributed by atoms with van der Waals surface area (Å²) in [5.41, 5.74) is 4.83. The van der Waals surface area contributed by atoms with Crippen LogP contribution in [0.5, 0.6) is 0 Å². The molecule has 0 bridgehead atoms. The van der Waals surface area contributed by atoms with Gasteiger partial charge in [0.1, 0.15) is 5.82 Å². The van der Waals surface area contributed by atoms with Crippen LogP contribution in [0.15, 0.2) is 91.3 Å². The van der Waals surface area contributed by atoms with E-state index in [9.17, 15) is 9.18 Å². The summed E-state index contributed by atoms with van der Waals surface area (Å²) < 4.78 is 15.1. The Hall–Kier alpha value is -3.97. The Bertz CT molecular complexity index is 1260. The molecule has 4 aromatic rings. The van der Waals surface area contributed by atoms with Gasteiger partial charge in [-0.3, -0.25) is 14.4 Å². The highest BCUT2D eigenvalue weighted by Gasteiger charge is 2.18. The Balaban J connectivity index is 1.14. The van der Waals surface area contributed by atoms with Gasteiger partial charge in [0.2, 0.25) is 0 Å². The average molecular weight is 484 g/mol. The topological polar surface area (TPSA) is 53.4 Å². The van der Waals surface area contributed by atoms with Crippen LogP contribution in [0.2, 0.25) is 0 Å². The normalized spacial score (nSPS) is 14.1. The molecule has 1 aliphatic rings. The summed E-state index contributed by atoms with van der Waals surface area (Å²) in [6, 6.07) is 24.6. The largest absolute Gasteiger partial charge is 0.369 e. The van der Waals surface area contributed by atoms with Crippen LogP contribution in [0, 0.1) is 5.82 Å². The third kappa shape index (κ3) is 5.80. The van der Waals surface area contributed by atoms with Crippen molar-refractivity contribution in [3.8, 4) is 11.1 Å². The van der Waals surface area contributed by atoms with Crippen molar-refractivity contribution < 1.29 is 9.18 Å². The lowest BCUT2D eigenvalue weighted by Crippen LogP contribution is -2.48. The van der Waals surface area contributed by atoms with Crippen LogP contribution in [-0.4, -0.2) is 59.9 Å². The number of halogens is 1. The first-order valence-electron chi connectivity index (χ1n) is 12.3. The number of aromatic nitrogens is 2. The SMILES string of the molecule is O=C(NCCN1CCN(c2ccc(F)cc2)CC1)c1ccccc1-c1ccc(Cn2cccn2)cc1. The Morgan fingerprint density at radius 1 is 0.889 bits per heavy atom. The fourth-order valence-electron chi connectivity index (χ4n) is 4.61. The highest BCUT2D eigenvalue weighted by atomic mass is 19.1. The molecule has 0 unspecified atom stereocenters. The van der Waals surface area contributed by atoms with Crippen molar-refractivity contribution in [1.82, 2.24) is 20.0 Å². The van der Waals surface area contributed by atoms with Gasteiger partial charge in [-0.1, -0.05) is 42.5 Å². The summed E-state index contributed by atoms with van der Waals surface area (Å²) in [6.07, 6.45) is 3.72. The first kappa shape index (κ1) is 23.8. The van der Waals surface area contributed by atoms with Crippen LogP contribution in [0.25, 0.3) is 11.1 Å². The van der Waals surface area contributed by atoms with E-state index >= 15 is 0 Å². The van der Waals surface area contributed by atoms with Crippen molar-refractivity contribution in [3.05, 3.63) is 108 Å². The van der Waals surface area contributed by atoms with Crippen LogP contribution in [0.4, 0.5) is 10.1 Å². The van der Waals surface area contributed by atoms with Crippen molar-refractivity contribution in [2.75, 3.05) is 44.2 Å². The number of anilines is 1. The second-order valence-corrected chi connectivity index (χ2v) is 9.01. The molecule has 7 heteroatoms. The summed E-state index contributed by atoms with van der Waals surface area (Å²) in [5, 5.41) is 7.36. The Morgan fingerprint density at radius 2 is 1.64 bits per heavy atom. The maximum atomic E-state index is 13.2. The Kier molecular flexibility index (Phi) is 7.38. The van der Waals surface area contributed by atoms with Crippen molar-refractivity contribution in [2.45, 2.75) is 6.54 Å². The third-order valence-electron chi connectivity index (χ3n) is 6.62. The van der Waals surface area contributed by atoms with Gasteiger partial charge in [-0.2, -0.15) is 5.10 Å². The van der Waals surface area contributed by atoms with Gasteiger partial charge in [0.25, 0.3) is 5.91 Å². The van der Waals surface area contributed by atoms with Gasteiger partial charge < -0.3 is 10.2 Å². The molecule has 6 nitrogen and oxygen atoms in total. The average Bonchev–Trinajstić information content (AvgIpc) is 3.43. The molecule has 0 aliphatic carbocycles. The summed E-state index contributed by atoms with van der Waals surface area (Å²) in [6.45, 7) is 5.70. The quantitative estimate of drug-likeness (QED) is 0.406. The molecule has 1 N–H and O–H groups in total. The Morgan fingerprint density at radius 3 is 2.36 bits per heavy atom. The van der Waals surface area contributed by atoms with E-state index in [2.05, 4.69) is 44.5 Å². The van der Waals surface area contributed by atoms with E-state index in [0.29, 0.717) is 18.7 Å². The van der Waals surface area contributed by atoms with E-state index in [1.807, 2.05) is 53.3 Å². The molecule has 0 radical (unpaired) electrons. The van der Waals surface area contributed by atoms with Crippen LogP contribution in [0.1, 0.15) is 15.9 Å². The first-order chi connectivity index (χ1) is 17.7. The van der Waals surface area contributed by atoms with Gasteiger partial charge in [0, 0.05) is 62.9 Å². The molecular weight excluding hydrogens is 453 g/mol. The van der Waals surface area contributed by atoms with Gasteiger partial charge in [0.05, 0.1) is 6.54 Å². The maximum absolute atomic E-state index is 13.2. The van der Waals surface area contributed by atoms with Crippen molar-refractivity contribution in [1.29, 1.82) is 0 Å². The van der Waals surface area contributed by atoms with E-state index in [0.717, 1.165) is 55.1 Å². The lowest BCUT2D eigenvalue weighted by atomic mass is 9.98. The smallest absolute Gasteiger partial charge is 0.251 e. The van der Waals surface area contributed by atoms with Crippen LogP contribution < -0.4 is 10.2 Å². The number of hydrogen-bond donors (Lipinski definition) is 1. The fraction of sp³-hybridized carbons (Fsp3) is 0.241. The number of carbonyl (C=O) groups is 1. The molecule has 3 aromatic carbocycles. The number of benzene rings is 3. The predicted molar refractivity (Wildman–Crippen MR) is 141 cm³/mol. The fourth-order valence-corrected chi connectivity index (χ4v) is 4.61. The molecule has 184 valence electrons. The number of piperazine rings is 1. The third-order valence-corrected chi connectivity index (χ3v) is 6.62. The lowest BCUT2D eigenvalue weighted by molar-refractivity contribution is 0.0948. The van der Waals surface area contributed by atoms with Gasteiger partial charge in [-0.15, -0.1) is 0 Å². The molecule has 1 aliphatic heterocycles. The summed E-state index contributed by atoms with van der Waals surface area (Å²) >= 11 is 0. The number of rotatable bonds is 8. The standard InChI is InChI=1S/C29H30FN5O/c30-25-10-12-26(13-11-25)34-20-18-33(19-21-34)17-15-31-29(36)28-5-2-1-4-27(28)24-8-6-23(7-9-24)22-35-16-3-14-32-35/h1-14,16H,15,17-22H2,(H,31,36). The van der Waals surface area contributed by atoms with Gasteiger partial charge in [-0.25, -0.2) is 4.39 Å².